The minimum absolute atomic E-state index is 0.0815. The van der Waals surface area contributed by atoms with Gasteiger partial charge in [-0.3, -0.25) is 4.90 Å². The van der Waals surface area contributed by atoms with Crippen LogP contribution in [0.5, 0.6) is 5.75 Å². The van der Waals surface area contributed by atoms with Crippen molar-refractivity contribution in [2.24, 2.45) is 0 Å². The molecule has 0 saturated carbocycles. The Kier molecular flexibility index (Phi) is 5.63. The molecule has 19 heavy (non-hydrogen) atoms. The molecule has 4 heteroatoms. The number of nitrogens with zero attached hydrogens (tertiary/aromatic N) is 1. The summed E-state index contributed by atoms with van der Waals surface area (Å²) in [6, 6.07) is 7.24. The standard InChI is InChI=1S/C15H26N2O2/c1-5-15(2,3)17(4)10-13(18)11-19-14-8-6-7-12(16)9-14/h6-9,13,18H,5,10-11,16H2,1-4H3. The maximum Gasteiger partial charge on any atom is 0.121 e. The number of β-amino-alcohol motifs (C(OH)–C–C–N with tert-alkyl or cyclic N) is 1. The van der Waals surface area contributed by atoms with Crippen LogP contribution in [-0.2, 0) is 0 Å². The number of benzene rings is 1. The van der Waals surface area contributed by atoms with Crippen molar-refractivity contribution in [2.75, 3.05) is 25.9 Å². The van der Waals surface area contributed by atoms with E-state index in [1.54, 1.807) is 12.1 Å². The second kappa shape index (κ2) is 6.78. The zero-order chi connectivity index (χ0) is 14.5. The van der Waals surface area contributed by atoms with Crippen molar-refractivity contribution in [3.63, 3.8) is 0 Å². The SMILES string of the molecule is CCC(C)(C)N(C)CC(O)COc1cccc(N)c1. The van der Waals surface area contributed by atoms with Crippen LogP contribution in [0.1, 0.15) is 27.2 Å². The highest BCUT2D eigenvalue weighted by Crippen LogP contribution is 2.17. The molecule has 0 saturated heterocycles. The number of likely N-dealkylation sites (N-methyl/N-ethyl adjacent to an activating group) is 1. The Bertz CT molecular complexity index is 393. The van der Waals surface area contributed by atoms with Gasteiger partial charge in [0.05, 0.1) is 0 Å². The quantitative estimate of drug-likeness (QED) is 0.742. The predicted octanol–water partition coefficient (Wildman–Crippen LogP) is 2.13. The molecule has 0 heterocycles. The Hall–Kier alpha value is -1.26. The van der Waals surface area contributed by atoms with E-state index in [2.05, 4.69) is 25.7 Å². The summed E-state index contributed by atoms with van der Waals surface area (Å²) in [5.74, 6) is 0.691. The lowest BCUT2D eigenvalue weighted by atomic mass is 10.00. The van der Waals surface area contributed by atoms with Gasteiger partial charge < -0.3 is 15.6 Å². The minimum Gasteiger partial charge on any atom is -0.491 e. The largest absolute Gasteiger partial charge is 0.491 e. The number of anilines is 1. The Morgan fingerprint density at radius 2 is 2.11 bits per heavy atom. The van der Waals surface area contributed by atoms with E-state index in [0.29, 0.717) is 18.0 Å². The molecule has 0 spiro atoms. The Morgan fingerprint density at radius 1 is 1.42 bits per heavy atom. The Labute approximate surface area is 116 Å². The summed E-state index contributed by atoms with van der Waals surface area (Å²) in [7, 11) is 2.02. The maximum absolute atomic E-state index is 10.0. The number of nitrogens with two attached hydrogens (primary N) is 1. The average Bonchev–Trinajstić information content (AvgIpc) is 2.36. The fourth-order valence-electron chi connectivity index (χ4n) is 1.68. The summed E-state index contributed by atoms with van der Waals surface area (Å²) in [6.45, 7) is 7.33. The van der Waals surface area contributed by atoms with Crippen LogP contribution in [0.4, 0.5) is 5.69 Å². The van der Waals surface area contributed by atoms with Gasteiger partial charge in [-0.2, -0.15) is 0 Å². The second-order valence-electron chi connectivity index (χ2n) is 5.58. The van der Waals surface area contributed by atoms with Gasteiger partial charge in [0.2, 0.25) is 0 Å². The van der Waals surface area contributed by atoms with Gasteiger partial charge in [0.15, 0.2) is 0 Å². The van der Waals surface area contributed by atoms with E-state index in [-0.39, 0.29) is 12.1 Å². The molecule has 108 valence electrons. The van der Waals surface area contributed by atoms with Crippen molar-refractivity contribution >= 4 is 5.69 Å². The van der Waals surface area contributed by atoms with Crippen LogP contribution in [-0.4, -0.2) is 41.8 Å². The minimum atomic E-state index is -0.516. The van der Waals surface area contributed by atoms with E-state index in [9.17, 15) is 5.11 Å². The average molecular weight is 266 g/mol. The molecule has 0 bridgehead atoms. The van der Waals surface area contributed by atoms with Crippen LogP contribution in [0.2, 0.25) is 0 Å². The van der Waals surface area contributed by atoms with Gasteiger partial charge >= 0.3 is 0 Å². The molecule has 0 aliphatic carbocycles. The van der Waals surface area contributed by atoms with Gasteiger partial charge in [-0.1, -0.05) is 13.0 Å². The zero-order valence-corrected chi connectivity index (χ0v) is 12.4. The molecule has 1 rings (SSSR count). The summed E-state index contributed by atoms with van der Waals surface area (Å²) in [6.07, 6.45) is 0.518. The summed E-state index contributed by atoms with van der Waals surface area (Å²) in [5.41, 5.74) is 6.41. The number of aliphatic hydroxyl groups excluding tert-OH is 1. The van der Waals surface area contributed by atoms with E-state index < -0.39 is 6.10 Å². The zero-order valence-electron chi connectivity index (χ0n) is 12.4. The third-order valence-corrected chi connectivity index (χ3v) is 3.68. The first-order chi connectivity index (χ1) is 8.85. The highest BCUT2D eigenvalue weighted by Gasteiger charge is 2.23. The van der Waals surface area contributed by atoms with Gasteiger partial charge in [-0.25, -0.2) is 0 Å². The highest BCUT2D eigenvalue weighted by atomic mass is 16.5. The molecule has 0 aromatic heterocycles. The molecule has 0 radical (unpaired) electrons. The molecular formula is C15H26N2O2. The lowest BCUT2D eigenvalue weighted by Crippen LogP contribution is -2.45. The summed E-state index contributed by atoms with van der Waals surface area (Å²) >= 11 is 0. The summed E-state index contributed by atoms with van der Waals surface area (Å²) in [4.78, 5) is 2.15. The molecule has 1 aromatic carbocycles. The first-order valence-corrected chi connectivity index (χ1v) is 6.73. The van der Waals surface area contributed by atoms with E-state index in [0.717, 1.165) is 6.42 Å². The number of ether oxygens (including phenoxy) is 1. The van der Waals surface area contributed by atoms with Crippen molar-refractivity contribution in [1.29, 1.82) is 0 Å². The Morgan fingerprint density at radius 3 is 2.68 bits per heavy atom. The normalized spacial score (nSPS) is 13.6. The number of rotatable bonds is 7. The Balaban J connectivity index is 2.42. The van der Waals surface area contributed by atoms with Gasteiger partial charge in [0, 0.05) is 23.8 Å². The molecule has 4 nitrogen and oxygen atoms in total. The van der Waals surface area contributed by atoms with Crippen molar-refractivity contribution in [2.45, 2.75) is 38.8 Å². The van der Waals surface area contributed by atoms with Crippen LogP contribution in [0.25, 0.3) is 0 Å². The van der Waals surface area contributed by atoms with E-state index in [4.69, 9.17) is 10.5 Å². The van der Waals surface area contributed by atoms with Crippen molar-refractivity contribution < 1.29 is 9.84 Å². The van der Waals surface area contributed by atoms with E-state index >= 15 is 0 Å². The molecule has 0 fully saturated rings. The second-order valence-corrected chi connectivity index (χ2v) is 5.58. The van der Waals surface area contributed by atoms with Crippen LogP contribution >= 0.6 is 0 Å². The van der Waals surface area contributed by atoms with Crippen LogP contribution < -0.4 is 10.5 Å². The molecule has 1 aromatic rings. The highest BCUT2D eigenvalue weighted by molar-refractivity contribution is 5.43. The first kappa shape index (κ1) is 15.8. The van der Waals surface area contributed by atoms with Crippen LogP contribution in [0, 0.1) is 0 Å². The molecule has 0 aliphatic heterocycles. The monoisotopic (exact) mass is 266 g/mol. The van der Waals surface area contributed by atoms with Gasteiger partial charge in [0.25, 0.3) is 0 Å². The predicted molar refractivity (Wildman–Crippen MR) is 79.4 cm³/mol. The number of aliphatic hydroxyl groups is 1. The smallest absolute Gasteiger partial charge is 0.121 e. The van der Waals surface area contributed by atoms with E-state index in [1.807, 2.05) is 19.2 Å². The van der Waals surface area contributed by atoms with E-state index in [1.165, 1.54) is 0 Å². The number of hydrogen-bond acceptors (Lipinski definition) is 4. The number of hydrogen-bond donors (Lipinski definition) is 2. The summed E-state index contributed by atoms with van der Waals surface area (Å²) in [5, 5.41) is 10.0. The molecule has 0 aliphatic rings. The fourth-order valence-corrected chi connectivity index (χ4v) is 1.68. The molecule has 1 atom stereocenters. The topological polar surface area (TPSA) is 58.7 Å². The van der Waals surface area contributed by atoms with Crippen molar-refractivity contribution in [3.8, 4) is 5.75 Å². The number of nitrogen functional groups attached to an aromatic ring is 1. The fraction of sp³-hybridized carbons (Fsp3) is 0.600. The first-order valence-electron chi connectivity index (χ1n) is 6.73. The maximum atomic E-state index is 10.0. The van der Waals surface area contributed by atoms with Crippen molar-refractivity contribution in [1.82, 2.24) is 4.90 Å². The molecule has 1 unspecified atom stereocenters. The molecule has 0 amide bonds. The molecular weight excluding hydrogens is 240 g/mol. The van der Waals surface area contributed by atoms with Gasteiger partial charge in [-0.05, 0) is 39.4 Å². The summed E-state index contributed by atoms with van der Waals surface area (Å²) < 4.78 is 5.54. The van der Waals surface area contributed by atoms with Crippen molar-refractivity contribution in [3.05, 3.63) is 24.3 Å². The van der Waals surface area contributed by atoms with Crippen LogP contribution in [0.15, 0.2) is 24.3 Å². The lowest BCUT2D eigenvalue weighted by molar-refractivity contribution is 0.0407. The third-order valence-electron chi connectivity index (χ3n) is 3.68. The lowest BCUT2D eigenvalue weighted by Gasteiger charge is -2.36. The van der Waals surface area contributed by atoms with Crippen LogP contribution in [0.3, 0.4) is 0 Å². The van der Waals surface area contributed by atoms with Gasteiger partial charge in [-0.15, -0.1) is 0 Å². The third kappa shape index (κ3) is 5.09. The van der Waals surface area contributed by atoms with Gasteiger partial charge in [0.1, 0.15) is 18.5 Å². The molecule has 3 N–H and O–H groups in total.